The van der Waals surface area contributed by atoms with Crippen molar-refractivity contribution < 1.29 is 8.42 Å². The first-order chi connectivity index (χ1) is 9.63. The number of hydrogen-bond donors (Lipinski definition) is 3. The molecule has 1 aromatic carbocycles. The number of H-pyrrole nitrogens is 1. The van der Waals surface area contributed by atoms with Gasteiger partial charge in [0.15, 0.2) is 0 Å². The number of nitrogens with zero attached hydrogens (tertiary/aromatic N) is 1. The topological polar surface area (TPSA) is 86.9 Å². The Hall–Kier alpha value is -1.86. The minimum atomic E-state index is -3.52. The van der Waals surface area contributed by atoms with Gasteiger partial charge >= 0.3 is 0 Å². The molecule has 3 N–H and O–H groups in total. The third-order valence-corrected chi connectivity index (χ3v) is 4.27. The lowest BCUT2D eigenvalue weighted by Crippen LogP contribution is -2.27. The number of hydrogen-bond acceptors (Lipinski definition) is 4. The quantitative estimate of drug-likeness (QED) is 0.719. The van der Waals surface area contributed by atoms with Gasteiger partial charge in [-0.15, -0.1) is 0 Å². The van der Waals surface area contributed by atoms with Crippen molar-refractivity contribution in [3.8, 4) is 0 Å². The Bertz CT molecular complexity index is 638. The van der Waals surface area contributed by atoms with E-state index in [9.17, 15) is 8.42 Å². The summed E-state index contributed by atoms with van der Waals surface area (Å²) in [5, 5.41) is 3.05. The van der Waals surface area contributed by atoms with E-state index in [-0.39, 0.29) is 4.90 Å². The van der Waals surface area contributed by atoms with E-state index < -0.39 is 10.0 Å². The van der Waals surface area contributed by atoms with Gasteiger partial charge in [0.2, 0.25) is 10.0 Å². The number of para-hydroxylation sites is 1. The zero-order valence-corrected chi connectivity index (χ0v) is 12.1. The van der Waals surface area contributed by atoms with Crippen LogP contribution < -0.4 is 10.0 Å². The van der Waals surface area contributed by atoms with Crippen LogP contribution in [0.5, 0.6) is 0 Å². The van der Waals surface area contributed by atoms with Gasteiger partial charge in [-0.1, -0.05) is 12.1 Å². The van der Waals surface area contributed by atoms with Crippen molar-refractivity contribution in [1.29, 1.82) is 0 Å². The second kappa shape index (κ2) is 6.53. The highest BCUT2D eigenvalue weighted by Gasteiger charge is 2.17. The molecule has 1 heterocycles. The molecule has 0 spiro atoms. The van der Waals surface area contributed by atoms with E-state index in [2.05, 4.69) is 20.0 Å². The molecule has 20 heavy (non-hydrogen) atoms. The Balaban J connectivity index is 2.06. The van der Waals surface area contributed by atoms with Gasteiger partial charge in [-0.2, -0.15) is 0 Å². The van der Waals surface area contributed by atoms with Crippen molar-refractivity contribution in [3.05, 3.63) is 42.5 Å². The maximum atomic E-state index is 12.3. The Kier molecular flexibility index (Phi) is 4.75. The third kappa shape index (κ3) is 3.58. The van der Waals surface area contributed by atoms with Crippen LogP contribution in [-0.4, -0.2) is 31.5 Å². The van der Waals surface area contributed by atoms with Crippen molar-refractivity contribution in [2.45, 2.75) is 18.2 Å². The number of sulfonamides is 1. The van der Waals surface area contributed by atoms with Crippen molar-refractivity contribution in [3.63, 3.8) is 0 Å². The number of benzene rings is 1. The summed E-state index contributed by atoms with van der Waals surface area (Å²) in [6, 6.07) is 6.86. The van der Waals surface area contributed by atoms with E-state index >= 15 is 0 Å². The highest BCUT2D eigenvalue weighted by molar-refractivity contribution is 7.89. The summed E-state index contributed by atoms with van der Waals surface area (Å²) in [5.74, 6) is 0.757. The Labute approximate surface area is 118 Å². The molecule has 0 saturated heterocycles. The third-order valence-electron chi connectivity index (χ3n) is 2.75. The predicted molar refractivity (Wildman–Crippen MR) is 78.1 cm³/mol. The summed E-state index contributed by atoms with van der Waals surface area (Å²) in [4.78, 5) is 7.25. The van der Waals surface area contributed by atoms with E-state index in [1.165, 1.54) is 0 Å². The summed E-state index contributed by atoms with van der Waals surface area (Å²) in [7, 11) is -3.52. The smallest absolute Gasteiger partial charge is 0.242 e. The van der Waals surface area contributed by atoms with Gasteiger partial charge in [-0.3, -0.25) is 0 Å². The number of imidazole rings is 1. The average molecular weight is 294 g/mol. The van der Waals surface area contributed by atoms with Crippen LogP contribution in [0.2, 0.25) is 0 Å². The summed E-state index contributed by atoms with van der Waals surface area (Å²) < 4.78 is 27.1. The van der Waals surface area contributed by atoms with Gasteiger partial charge in [0, 0.05) is 31.9 Å². The van der Waals surface area contributed by atoms with Crippen molar-refractivity contribution in [1.82, 2.24) is 14.7 Å². The fraction of sp³-hybridized carbons (Fsp3) is 0.308. The van der Waals surface area contributed by atoms with Crippen LogP contribution in [0, 0.1) is 0 Å². The summed E-state index contributed by atoms with van der Waals surface area (Å²) >= 11 is 0. The monoisotopic (exact) mass is 294 g/mol. The number of nitrogens with one attached hydrogen (secondary N) is 3. The van der Waals surface area contributed by atoms with Crippen LogP contribution in [0.1, 0.15) is 12.7 Å². The van der Waals surface area contributed by atoms with Crippen LogP contribution in [0.15, 0.2) is 41.6 Å². The van der Waals surface area contributed by atoms with E-state index in [0.717, 1.165) is 5.82 Å². The molecule has 108 valence electrons. The van der Waals surface area contributed by atoms with Gasteiger partial charge < -0.3 is 10.3 Å². The van der Waals surface area contributed by atoms with Crippen molar-refractivity contribution in [2.75, 3.05) is 18.4 Å². The normalized spacial score (nSPS) is 11.4. The number of aromatic nitrogens is 2. The molecule has 0 aliphatic heterocycles. The molecule has 0 radical (unpaired) electrons. The molecule has 0 aliphatic rings. The van der Waals surface area contributed by atoms with Crippen LogP contribution in [-0.2, 0) is 16.4 Å². The van der Waals surface area contributed by atoms with Gasteiger partial charge in [0.05, 0.1) is 5.69 Å². The molecule has 6 nitrogen and oxygen atoms in total. The molecule has 0 aliphatic carbocycles. The molecule has 0 atom stereocenters. The molecule has 0 bridgehead atoms. The molecule has 0 unspecified atom stereocenters. The zero-order chi connectivity index (χ0) is 14.4. The lowest BCUT2D eigenvalue weighted by molar-refractivity contribution is 0.581. The van der Waals surface area contributed by atoms with E-state index in [4.69, 9.17) is 0 Å². The van der Waals surface area contributed by atoms with Crippen LogP contribution in [0.25, 0.3) is 0 Å². The summed E-state index contributed by atoms with van der Waals surface area (Å²) in [6.07, 6.45) is 3.88. The first-order valence-electron chi connectivity index (χ1n) is 6.44. The molecule has 2 rings (SSSR count). The van der Waals surface area contributed by atoms with Crippen molar-refractivity contribution >= 4 is 15.7 Å². The fourth-order valence-corrected chi connectivity index (χ4v) is 3.07. The van der Waals surface area contributed by atoms with Gasteiger partial charge in [-0.25, -0.2) is 18.1 Å². The standard InChI is InChI=1S/C13H18N4O2S/c1-2-14-11-5-3-4-6-12(11)20(18,19)17-8-7-13-15-9-10-16-13/h3-6,9-10,14,17H,2,7-8H2,1H3,(H,15,16). The maximum Gasteiger partial charge on any atom is 0.242 e. The van der Waals surface area contributed by atoms with Crippen molar-refractivity contribution in [2.24, 2.45) is 0 Å². The first kappa shape index (κ1) is 14.5. The maximum absolute atomic E-state index is 12.3. The van der Waals surface area contributed by atoms with Crippen LogP contribution in [0.3, 0.4) is 0 Å². The fourth-order valence-electron chi connectivity index (χ4n) is 1.85. The van der Waals surface area contributed by atoms with Gasteiger partial charge in [0.25, 0.3) is 0 Å². The predicted octanol–water partition coefficient (Wildman–Crippen LogP) is 1.36. The molecular weight excluding hydrogens is 276 g/mol. The SMILES string of the molecule is CCNc1ccccc1S(=O)(=O)NCCc1ncc[nH]1. The van der Waals surface area contributed by atoms with Gasteiger partial charge in [0.1, 0.15) is 10.7 Å². The highest BCUT2D eigenvalue weighted by atomic mass is 32.2. The molecule has 2 aromatic rings. The molecule has 0 saturated carbocycles. The summed E-state index contributed by atoms with van der Waals surface area (Å²) in [5.41, 5.74) is 0.612. The Morgan fingerprint density at radius 3 is 2.80 bits per heavy atom. The molecule has 7 heteroatoms. The van der Waals surface area contributed by atoms with Crippen LogP contribution >= 0.6 is 0 Å². The molecule has 0 fully saturated rings. The zero-order valence-electron chi connectivity index (χ0n) is 11.3. The minimum absolute atomic E-state index is 0.265. The molecule has 1 aromatic heterocycles. The lowest BCUT2D eigenvalue weighted by atomic mass is 10.3. The largest absolute Gasteiger partial charge is 0.384 e. The van der Waals surface area contributed by atoms with Gasteiger partial charge in [-0.05, 0) is 19.1 Å². The molecular formula is C13H18N4O2S. The molecule has 0 amide bonds. The Morgan fingerprint density at radius 2 is 2.10 bits per heavy atom. The van der Waals surface area contributed by atoms with Crippen LogP contribution in [0.4, 0.5) is 5.69 Å². The number of anilines is 1. The first-order valence-corrected chi connectivity index (χ1v) is 7.92. The Morgan fingerprint density at radius 1 is 1.30 bits per heavy atom. The highest BCUT2D eigenvalue weighted by Crippen LogP contribution is 2.20. The average Bonchev–Trinajstić information content (AvgIpc) is 2.92. The summed E-state index contributed by atoms with van der Waals surface area (Å²) in [6.45, 7) is 2.89. The number of aromatic amines is 1. The second-order valence-corrected chi connectivity index (χ2v) is 5.95. The minimum Gasteiger partial charge on any atom is -0.384 e. The second-order valence-electron chi connectivity index (χ2n) is 4.21. The lowest BCUT2D eigenvalue weighted by Gasteiger charge is -2.11. The van der Waals surface area contributed by atoms with E-state index in [1.54, 1.807) is 36.7 Å². The van der Waals surface area contributed by atoms with E-state index in [0.29, 0.717) is 25.2 Å². The number of rotatable bonds is 7. The van der Waals surface area contributed by atoms with E-state index in [1.807, 2.05) is 6.92 Å².